The molecule has 0 saturated heterocycles. The van der Waals surface area contributed by atoms with Gasteiger partial charge in [-0.2, -0.15) is 0 Å². The van der Waals surface area contributed by atoms with E-state index < -0.39 is 18.3 Å². The van der Waals surface area contributed by atoms with Gasteiger partial charge < -0.3 is 15.5 Å². The molecule has 0 aliphatic rings. The fraction of sp³-hybridized carbons (Fsp3) is 0.333. The topological polar surface area (TPSA) is 78.3 Å². The number of halogens is 2. The zero-order valence-corrected chi connectivity index (χ0v) is 9.92. The monoisotopic (exact) mass is 269 g/mol. The summed E-state index contributed by atoms with van der Waals surface area (Å²) in [6.45, 7) is -0.669. The molecule has 102 valence electrons. The average molecular weight is 269 g/mol. The molecule has 0 atom stereocenters. The van der Waals surface area contributed by atoms with Gasteiger partial charge in [-0.15, -0.1) is 0 Å². The van der Waals surface area contributed by atoms with Gasteiger partial charge in [0.05, 0.1) is 24.8 Å². The standard InChI is InChI=1S/C12H13F2N3O2/c13-10(14)12-16-9-4-2-1-3-8(9)11(17-12)15-7(5-18)6-19/h1-4,7,10,18-19H,5-6H2,(H,15,16,17). The first-order valence-corrected chi connectivity index (χ1v) is 5.68. The predicted molar refractivity (Wildman–Crippen MR) is 66.1 cm³/mol. The van der Waals surface area contributed by atoms with E-state index in [2.05, 4.69) is 15.3 Å². The lowest BCUT2D eigenvalue weighted by Gasteiger charge is -2.16. The third kappa shape index (κ3) is 2.94. The van der Waals surface area contributed by atoms with Crippen LogP contribution in [0.3, 0.4) is 0 Å². The molecule has 1 heterocycles. The summed E-state index contributed by atoms with van der Waals surface area (Å²) in [4.78, 5) is 7.51. The fourth-order valence-electron chi connectivity index (χ4n) is 1.64. The van der Waals surface area contributed by atoms with E-state index in [4.69, 9.17) is 10.2 Å². The molecule has 19 heavy (non-hydrogen) atoms. The Morgan fingerprint density at radius 1 is 1.11 bits per heavy atom. The Morgan fingerprint density at radius 2 is 1.79 bits per heavy atom. The van der Waals surface area contributed by atoms with Crippen LogP contribution in [0.5, 0.6) is 0 Å². The summed E-state index contributed by atoms with van der Waals surface area (Å²) in [6.07, 6.45) is -2.79. The molecular weight excluding hydrogens is 256 g/mol. The van der Waals surface area contributed by atoms with E-state index in [1.807, 2.05) is 0 Å². The minimum atomic E-state index is -2.79. The van der Waals surface area contributed by atoms with E-state index in [0.717, 1.165) is 0 Å². The number of fused-ring (bicyclic) bond motifs is 1. The SMILES string of the molecule is OCC(CO)Nc1nc(C(F)F)nc2ccccc12. The van der Waals surface area contributed by atoms with Gasteiger partial charge in [-0.05, 0) is 12.1 Å². The van der Waals surface area contributed by atoms with E-state index in [1.165, 1.54) is 0 Å². The summed E-state index contributed by atoms with van der Waals surface area (Å²) in [5.74, 6) is -0.412. The predicted octanol–water partition coefficient (Wildman–Crippen LogP) is 1.33. The number of nitrogens with one attached hydrogen (secondary N) is 1. The number of alkyl halides is 2. The van der Waals surface area contributed by atoms with E-state index >= 15 is 0 Å². The van der Waals surface area contributed by atoms with Crippen LogP contribution in [0.15, 0.2) is 24.3 Å². The summed E-state index contributed by atoms with van der Waals surface area (Å²) in [5.41, 5.74) is 0.380. The van der Waals surface area contributed by atoms with Crippen molar-refractivity contribution in [3.8, 4) is 0 Å². The average Bonchev–Trinajstić information content (AvgIpc) is 2.44. The van der Waals surface area contributed by atoms with Gasteiger partial charge in [0.15, 0.2) is 5.82 Å². The quantitative estimate of drug-likeness (QED) is 0.763. The molecule has 7 heteroatoms. The molecule has 5 nitrogen and oxygen atoms in total. The number of aliphatic hydroxyl groups excluding tert-OH is 2. The molecule has 0 fully saturated rings. The highest BCUT2D eigenvalue weighted by atomic mass is 19.3. The van der Waals surface area contributed by atoms with Crippen molar-refractivity contribution in [1.29, 1.82) is 0 Å². The molecule has 2 aromatic rings. The highest BCUT2D eigenvalue weighted by molar-refractivity contribution is 5.89. The molecule has 0 spiro atoms. The van der Waals surface area contributed by atoms with Crippen LogP contribution in [0.1, 0.15) is 12.2 Å². The van der Waals surface area contributed by atoms with Gasteiger partial charge in [-0.3, -0.25) is 0 Å². The van der Waals surface area contributed by atoms with Crippen molar-refractivity contribution < 1.29 is 19.0 Å². The lowest BCUT2D eigenvalue weighted by Crippen LogP contribution is -2.28. The van der Waals surface area contributed by atoms with Crippen molar-refractivity contribution in [3.05, 3.63) is 30.1 Å². The minimum absolute atomic E-state index is 0.175. The summed E-state index contributed by atoms with van der Waals surface area (Å²) >= 11 is 0. The number of hydrogen-bond donors (Lipinski definition) is 3. The van der Waals surface area contributed by atoms with Gasteiger partial charge in [-0.1, -0.05) is 12.1 Å². The summed E-state index contributed by atoms with van der Waals surface area (Å²) in [7, 11) is 0. The van der Waals surface area contributed by atoms with E-state index in [-0.39, 0.29) is 19.0 Å². The van der Waals surface area contributed by atoms with Crippen molar-refractivity contribution in [2.24, 2.45) is 0 Å². The zero-order valence-electron chi connectivity index (χ0n) is 9.92. The number of rotatable bonds is 5. The Kier molecular flexibility index (Phi) is 4.18. The number of hydrogen-bond acceptors (Lipinski definition) is 5. The highest BCUT2D eigenvalue weighted by Crippen LogP contribution is 2.24. The number of aliphatic hydroxyl groups is 2. The zero-order chi connectivity index (χ0) is 13.8. The normalized spacial score (nSPS) is 11.5. The van der Waals surface area contributed by atoms with E-state index in [0.29, 0.717) is 10.9 Å². The van der Waals surface area contributed by atoms with Crippen molar-refractivity contribution in [2.45, 2.75) is 12.5 Å². The summed E-state index contributed by atoms with van der Waals surface area (Å²) < 4.78 is 25.4. The second-order valence-corrected chi connectivity index (χ2v) is 3.95. The van der Waals surface area contributed by atoms with Crippen LogP contribution >= 0.6 is 0 Å². The number of anilines is 1. The van der Waals surface area contributed by atoms with Gasteiger partial charge in [0, 0.05) is 5.39 Å². The Labute approximate surface area is 107 Å². The van der Waals surface area contributed by atoms with Gasteiger partial charge >= 0.3 is 0 Å². The molecular formula is C12H13F2N3O2. The third-order valence-electron chi connectivity index (χ3n) is 2.60. The number of nitrogens with zero attached hydrogens (tertiary/aromatic N) is 2. The maximum Gasteiger partial charge on any atom is 0.297 e. The first-order chi connectivity index (χ1) is 9.15. The van der Waals surface area contributed by atoms with Crippen LogP contribution in [-0.4, -0.2) is 39.4 Å². The molecule has 0 aliphatic carbocycles. The smallest absolute Gasteiger partial charge is 0.297 e. The molecule has 2 rings (SSSR count). The summed E-state index contributed by atoms with van der Waals surface area (Å²) in [6, 6.07) is 6.03. The molecule has 0 saturated carbocycles. The Balaban J connectivity index is 2.50. The van der Waals surface area contributed by atoms with Gasteiger partial charge in [0.1, 0.15) is 5.82 Å². The van der Waals surface area contributed by atoms with Crippen molar-refractivity contribution >= 4 is 16.7 Å². The first kappa shape index (κ1) is 13.6. The van der Waals surface area contributed by atoms with Crippen LogP contribution < -0.4 is 5.32 Å². The van der Waals surface area contributed by atoms with Crippen LogP contribution in [-0.2, 0) is 0 Å². The Hall–Kier alpha value is -1.86. The number of aromatic nitrogens is 2. The lowest BCUT2D eigenvalue weighted by atomic mass is 10.2. The maximum absolute atomic E-state index is 12.7. The largest absolute Gasteiger partial charge is 0.394 e. The molecule has 3 N–H and O–H groups in total. The molecule has 1 aromatic carbocycles. The van der Waals surface area contributed by atoms with Crippen molar-refractivity contribution in [2.75, 3.05) is 18.5 Å². The maximum atomic E-state index is 12.7. The second kappa shape index (κ2) is 5.85. The number of benzene rings is 1. The highest BCUT2D eigenvalue weighted by Gasteiger charge is 2.16. The lowest BCUT2D eigenvalue weighted by molar-refractivity contribution is 0.141. The van der Waals surface area contributed by atoms with Crippen LogP contribution in [0.25, 0.3) is 10.9 Å². The Bertz CT molecular complexity index is 562. The fourth-order valence-corrected chi connectivity index (χ4v) is 1.64. The first-order valence-electron chi connectivity index (χ1n) is 5.68. The minimum Gasteiger partial charge on any atom is -0.394 e. The molecule has 0 bridgehead atoms. The van der Waals surface area contributed by atoms with Gasteiger partial charge in [-0.25, -0.2) is 18.7 Å². The van der Waals surface area contributed by atoms with E-state index in [1.54, 1.807) is 24.3 Å². The molecule has 0 radical (unpaired) electrons. The molecule has 0 amide bonds. The van der Waals surface area contributed by atoms with Crippen molar-refractivity contribution in [1.82, 2.24) is 9.97 Å². The van der Waals surface area contributed by atoms with Gasteiger partial charge in [0.2, 0.25) is 0 Å². The van der Waals surface area contributed by atoms with Crippen LogP contribution in [0, 0.1) is 0 Å². The van der Waals surface area contributed by atoms with E-state index in [9.17, 15) is 8.78 Å². The van der Waals surface area contributed by atoms with Crippen molar-refractivity contribution in [3.63, 3.8) is 0 Å². The molecule has 0 aliphatic heterocycles. The molecule has 1 aromatic heterocycles. The van der Waals surface area contributed by atoms with Gasteiger partial charge in [0.25, 0.3) is 6.43 Å². The number of para-hydroxylation sites is 1. The second-order valence-electron chi connectivity index (χ2n) is 3.95. The summed E-state index contributed by atoms with van der Waals surface area (Å²) in [5, 5.41) is 21.3. The third-order valence-corrected chi connectivity index (χ3v) is 2.60. The Morgan fingerprint density at radius 3 is 2.42 bits per heavy atom. The van der Waals surface area contributed by atoms with Crippen LogP contribution in [0.4, 0.5) is 14.6 Å². The van der Waals surface area contributed by atoms with Crippen LogP contribution in [0.2, 0.25) is 0 Å². The molecule has 0 unspecified atom stereocenters.